The number of aliphatic hydroxyl groups is 1. The summed E-state index contributed by atoms with van der Waals surface area (Å²) in [4.78, 5) is 11.5. The van der Waals surface area contributed by atoms with Crippen LogP contribution < -0.4 is 5.32 Å². The van der Waals surface area contributed by atoms with Crippen molar-refractivity contribution in [2.45, 2.75) is 58.0 Å². The number of nitrogens with one attached hydrogen (secondary N) is 1. The van der Waals surface area contributed by atoms with Gasteiger partial charge >= 0.3 is 0 Å². The number of carbonyl (C=O) groups excluding carboxylic acids is 1. The molecule has 0 saturated heterocycles. The maximum absolute atomic E-state index is 11.5. The Hall–Kier alpha value is -0.570. The Bertz CT molecular complexity index is 188. The molecule has 0 spiro atoms. The van der Waals surface area contributed by atoms with Crippen molar-refractivity contribution in [3.63, 3.8) is 0 Å². The first-order chi connectivity index (χ1) is 7.22. The number of hydrogen-bond donors (Lipinski definition) is 2. The summed E-state index contributed by atoms with van der Waals surface area (Å²) in [6.45, 7) is 2.56. The molecular weight excluding hydrogens is 190 g/mol. The highest BCUT2D eigenvalue weighted by Gasteiger charge is 2.18. The number of amides is 1. The minimum atomic E-state index is -0.267. The average molecular weight is 213 g/mol. The van der Waals surface area contributed by atoms with Crippen molar-refractivity contribution >= 4 is 5.91 Å². The summed E-state index contributed by atoms with van der Waals surface area (Å²) in [7, 11) is 0. The molecule has 1 saturated carbocycles. The highest BCUT2D eigenvalue weighted by Crippen LogP contribution is 2.27. The average Bonchev–Trinajstić information content (AvgIpc) is 2.70. The minimum absolute atomic E-state index is 0.158. The SMILES string of the molecule is CCC(O)CCNC(=O)CC1CCCC1. The lowest BCUT2D eigenvalue weighted by Crippen LogP contribution is -2.28. The quantitative estimate of drug-likeness (QED) is 0.707. The molecule has 1 aliphatic rings. The third kappa shape index (κ3) is 5.17. The van der Waals surface area contributed by atoms with Crippen molar-refractivity contribution in [2.75, 3.05) is 6.54 Å². The summed E-state index contributed by atoms with van der Waals surface area (Å²) in [5.41, 5.74) is 0. The van der Waals surface area contributed by atoms with Crippen LogP contribution in [0, 0.1) is 5.92 Å². The molecule has 3 nitrogen and oxygen atoms in total. The summed E-state index contributed by atoms with van der Waals surface area (Å²) in [5, 5.41) is 12.2. The van der Waals surface area contributed by atoms with Gasteiger partial charge in [0.15, 0.2) is 0 Å². The van der Waals surface area contributed by atoms with E-state index < -0.39 is 0 Å². The summed E-state index contributed by atoms with van der Waals surface area (Å²) in [6.07, 6.45) is 6.85. The van der Waals surface area contributed by atoms with Crippen LogP contribution in [0.3, 0.4) is 0 Å². The Kier molecular flexibility index (Phi) is 5.69. The van der Waals surface area contributed by atoms with Gasteiger partial charge in [0, 0.05) is 13.0 Å². The first kappa shape index (κ1) is 12.5. The molecule has 15 heavy (non-hydrogen) atoms. The lowest BCUT2D eigenvalue weighted by molar-refractivity contribution is -0.122. The number of aliphatic hydroxyl groups excluding tert-OH is 1. The number of carbonyl (C=O) groups is 1. The van der Waals surface area contributed by atoms with Crippen LogP contribution in [0.1, 0.15) is 51.9 Å². The second kappa shape index (κ2) is 6.83. The Morgan fingerprint density at radius 1 is 1.47 bits per heavy atom. The third-order valence-corrected chi connectivity index (χ3v) is 3.22. The normalized spacial score (nSPS) is 19.1. The molecule has 0 aromatic heterocycles. The van der Waals surface area contributed by atoms with Crippen molar-refractivity contribution in [3.8, 4) is 0 Å². The highest BCUT2D eigenvalue weighted by atomic mass is 16.3. The molecule has 0 aliphatic heterocycles. The fourth-order valence-electron chi connectivity index (χ4n) is 2.13. The highest BCUT2D eigenvalue weighted by molar-refractivity contribution is 5.76. The third-order valence-electron chi connectivity index (χ3n) is 3.22. The van der Waals surface area contributed by atoms with Crippen LogP contribution in [0.25, 0.3) is 0 Å². The first-order valence-corrected chi connectivity index (χ1v) is 6.17. The van der Waals surface area contributed by atoms with E-state index in [0.29, 0.717) is 25.3 Å². The van der Waals surface area contributed by atoms with Crippen LogP contribution in [0.15, 0.2) is 0 Å². The van der Waals surface area contributed by atoms with Crippen molar-refractivity contribution in [3.05, 3.63) is 0 Å². The van der Waals surface area contributed by atoms with E-state index in [2.05, 4.69) is 5.32 Å². The molecule has 1 aliphatic carbocycles. The monoisotopic (exact) mass is 213 g/mol. The summed E-state index contributed by atoms with van der Waals surface area (Å²) in [5.74, 6) is 0.770. The van der Waals surface area contributed by atoms with Crippen LogP contribution in [-0.4, -0.2) is 23.7 Å². The minimum Gasteiger partial charge on any atom is -0.393 e. The van der Waals surface area contributed by atoms with Gasteiger partial charge in [0.1, 0.15) is 0 Å². The second-order valence-electron chi connectivity index (χ2n) is 4.56. The van der Waals surface area contributed by atoms with E-state index in [-0.39, 0.29) is 12.0 Å². The van der Waals surface area contributed by atoms with E-state index in [0.717, 1.165) is 6.42 Å². The molecule has 0 radical (unpaired) electrons. The van der Waals surface area contributed by atoms with Gasteiger partial charge in [-0.05, 0) is 31.6 Å². The van der Waals surface area contributed by atoms with Gasteiger partial charge in [0.25, 0.3) is 0 Å². The Morgan fingerprint density at radius 3 is 2.73 bits per heavy atom. The zero-order valence-corrected chi connectivity index (χ0v) is 9.67. The van der Waals surface area contributed by atoms with Gasteiger partial charge in [-0.1, -0.05) is 19.8 Å². The lowest BCUT2D eigenvalue weighted by atomic mass is 10.0. The Labute approximate surface area is 92.3 Å². The zero-order valence-electron chi connectivity index (χ0n) is 9.67. The van der Waals surface area contributed by atoms with E-state index in [1.165, 1.54) is 25.7 Å². The largest absolute Gasteiger partial charge is 0.393 e. The van der Waals surface area contributed by atoms with Gasteiger partial charge in [-0.15, -0.1) is 0 Å². The summed E-state index contributed by atoms with van der Waals surface area (Å²) >= 11 is 0. The molecule has 0 heterocycles. The summed E-state index contributed by atoms with van der Waals surface area (Å²) < 4.78 is 0. The molecule has 0 bridgehead atoms. The van der Waals surface area contributed by atoms with Gasteiger partial charge in [-0.2, -0.15) is 0 Å². The fourth-order valence-corrected chi connectivity index (χ4v) is 2.13. The molecule has 88 valence electrons. The smallest absolute Gasteiger partial charge is 0.220 e. The van der Waals surface area contributed by atoms with E-state index in [1.807, 2.05) is 6.92 Å². The van der Waals surface area contributed by atoms with Gasteiger partial charge in [-0.3, -0.25) is 4.79 Å². The van der Waals surface area contributed by atoms with Crippen LogP contribution in [0.2, 0.25) is 0 Å². The second-order valence-corrected chi connectivity index (χ2v) is 4.56. The van der Waals surface area contributed by atoms with E-state index in [9.17, 15) is 9.90 Å². The zero-order chi connectivity index (χ0) is 11.1. The molecule has 0 aromatic carbocycles. The molecule has 2 N–H and O–H groups in total. The molecule has 0 aromatic rings. The maximum atomic E-state index is 11.5. The molecule has 1 rings (SSSR count). The van der Waals surface area contributed by atoms with E-state index in [1.54, 1.807) is 0 Å². The van der Waals surface area contributed by atoms with Gasteiger partial charge < -0.3 is 10.4 Å². The summed E-state index contributed by atoms with van der Waals surface area (Å²) in [6, 6.07) is 0. The van der Waals surface area contributed by atoms with Gasteiger partial charge in [-0.25, -0.2) is 0 Å². The molecule has 1 unspecified atom stereocenters. The maximum Gasteiger partial charge on any atom is 0.220 e. The van der Waals surface area contributed by atoms with Crippen molar-refractivity contribution in [1.82, 2.24) is 5.32 Å². The molecule has 3 heteroatoms. The van der Waals surface area contributed by atoms with Crippen LogP contribution in [-0.2, 0) is 4.79 Å². The predicted molar refractivity (Wildman–Crippen MR) is 60.5 cm³/mol. The topological polar surface area (TPSA) is 49.3 Å². The van der Waals surface area contributed by atoms with Crippen LogP contribution >= 0.6 is 0 Å². The number of hydrogen-bond acceptors (Lipinski definition) is 2. The van der Waals surface area contributed by atoms with Crippen molar-refractivity contribution < 1.29 is 9.90 Å². The molecule has 1 amide bonds. The van der Waals surface area contributed by atoms with E-state index >= 15 is 0 Å². The molecule has 1 atom stereocenters. The van der Waals surface area contributed by atoms with Crippen molar-refractivity contribution in [1.29, 1.82) is 0 Å². The van der Waals surface area contributed by atoms with Crippen LogP contribution in [0.4, 0.5) is 0 Å². The lowest BCUT2D eigenvalue weighted by Gasteiger charge is -2.11. The fraction of sp³-hybridized carbons (Fsp3) is 0.917. The predicted octanol–water partition coefficient (Wildman–Crippen LogP) is 1.84. The Morgan fingerprint density at radius 2 is 2.13 bits per heavy atom. The number of rotatable bonds is 6. The van der Waals surface area contributed by atoms with E-state index in [4.69, 9.17) is 0 Å². The standard InChI is InChI=1S/C12H23NO2/c1-2-11(14)7-8-13-12(15)9-10-5-3-4-6-10/h10-11,14H,2-9H2,1H3,(H,13,15). The Balaban J connectivity index is 2.02. The van der Waals surface area contributed by atoms with Crippen molar-refractivity contribution in [2.24, 2.45) is 5.92 Å². The van der Waals surface area contributed by atoms with Gasteiger partial charge in [0.05, 0.1) is 6.10 Å². The molecule has 1 fully saturated rings. The molecular formula is C12H23NO2. The van der Waals surface area contributed by atoms with Gasteiger partial charge in [0.2, 0.25) is 5.91 Å². The van der Waals surface area contributed by atoms with Crippen LogP contribution in [0.5, 0.6) is 0 Å². The first-order valence-electron chi connectivity index (χ1n) is 6.17.